The van der Waals surface area contributed by atoms with E-state index in [9.17, 15) is 0 Å². The van der Waals surface area contributed by atoms with Crippen LogP contribution in [-0.4, -0.2) is 36.1 Å². The number of ether oxygens (including phenoxy) is 2. The molecule has 6 heteroatoms. The minimum absolute atomic E-state index is 0.211. The first-order valence-corrected chi connectivity index (χ1v) is 7.99. The van der Waals surface area contributed by atoms with Crippen LogP contribution >= 0.6 is 11.3 Å². The van der Waals surface area contributed by atoms with Crippen molar-refractivity contribution in [1.82, 2.24) is 14.9 Å². The maximum atomic E-state index is 5.45. The normalized spacial score (nSPS) is 12.5. The summed E-state index contributed by atoms with van der Waals surface area (Å²) in [4.78, 5) is 12.6. The van der Waals surface area contributed by atoms with Crippen LogP contribution in [0.2, 0.25) is 0 Å². The molecule has 2 rings (SSSR count). The molecule has 0 unspecified atom stereocenters. The highest BCUT2D eigenvalue weighted by molar-refractivity contribution is 7.11. The molecule has 0 amide bonds. The minimum Gasteiger partial charge on any atom is -0.493 e. The van der Waals surface area contributed by atoms with Crippen LogP contribution in [0.1, 0.15) is 34.2 Å². The van der Waals surface area contributed by atoms with Crippen molar-refractivity contribution in [3.63, 3.8) is 0 Å². The summed E-state index contributed by atoms with van der Waals surface area (Å²) in [5.41, 5.74) is 1.99. The van der Waals surface area contributed by atoms with Crippen LogP contribution in [0.25, 0.3) is 0 Å². The van der Waals surface area contributed by atoms with Crippen molar-refractivity contribution >= 4 is 11.3 Å². The molecule has 0 bridgehead atoms. The molecule has 0 aliphatic rings. The highest BCUT2D eigenvalue weighted by Gasteiger charge is 2.20. The number of methoxy groups -OCH3 is 2. The Morgan fingerprint density at radius 2 is 2.00 bits per heavy atom. The highest BCUT2D eigenvalue weighted by atomic mass is 32.1. The van der Waals surface area contributed by atoms with E-state index in [4.69, 9.17) is 9.47 Å². The smallest absolute Gasteiger partial charge is 0.183 e. The van der Waals surface area contributed by atoms with Gasteiger partial charge in [-0.05, 0) is 27.8 Å². The Bertz CT molecular complexity index is 642. The molecule has 0 radical (unpaired) electrons. The minimum atomic E-state index is 0.211. The van der Waals surface area contributed by atoms with Gasteiger partial charge >= 0.3 is 0 Å². The number of rotatable bonds is 6. The summed E-state index contributed by atoms with van der Waals surface area (Å²) in [5, 5.41) is 1.10. The van der Waals surface area contributed by atoms with Gasteiger partial charge in [0.1, 0.15) is 5.69 Å². The van der Waals surface area contributed by atoms with E-state index in [1.807, 2.05) is 6.92 Å². The molecule has 0 spiro atoms. The SMILES string of the molecule is COc1ccnc(CN(C)[C@H](C)c2nc(C)sc2C)c1OC. The second-order valence-electron chi connectivity index (χ2n) is 5.26. The van der Waals surface area contributed by atoms with Gasteiger partial charge in [0.2, 0.25) is 0 Å². The highest BCUT2D eigenvalue weighted by Crippen LogP contribution is 2.32. The average molecular weight is 321 g/mol. The predicted octanol–water partition coefficient (Wildman–Crippen LogP) is 3.37. The molecule has 0 aliphatic heterocycles. The number of nitrogens with zero attached hydrogens (tertiary/aromatic N) is 3. The summed E-state index contributed by atoms with van der Waals surface area (Å²) >= 11 is 1.74. The Balaban J connectivity index is 2.21. The molecule has 2 aromatic heterocycles. The largest absolute Gasteiger partial charge is 0.493 e. The van der Waals surface area contributed by atoms with Gasteiger partial charge < -0.3 is 9.47 Å². The fraction of sp³-hybridized carbons (Fsp3) is 0.500. The number of aromatic nitrogens is 2. The fourth-order valence-electron chi connectivity index (χ4n) is 2.48. The molecule has 0 aromatic carbocycles. The molecule has 2 heterocycles. The summed E-state index contributed by atoms with van der Waals surface area (Å²) in [6, 6.07) is 2.02. The van der Waals surface area contributed by atoms with Crippen LogP contribution in [-0.2, 0) is 6.54 Å². The van der Waals surface area contributed by atoms with Crippen LogP contribution in [0.5, 0.6) is 11.5 Å². The molecule has 0 fully saturated rings. The third-order valence-corrected chi connectivity index (χ3v) is 4.66. The van der Waals surface area contributed by atoms with E-state index >= 15 is 0 Å². The fourth-order valence-corrected chi connectivity index (χ4v) is 3.39. The van der Waals surface area contributed by atoms with Crippen LogP contribution in [0.15, 0.2) is 12.3 Å². The van der Waals surface area contributed by atoms with Gasteiger partial charge in [0.05, 0.1) is 31.0 Å². The Labute approximate surface area is 135 Å². The van der Waals surface area contributed by atoms with Gasteiger partial charge in [0.25, 0.3) is 0 Å². The van der Waals surface area contributed by atoms with Crippen LogP contribution < -0.4 is 9.47 Å². The van der Waals surface area contributed by atoms with Gasteiger partial charge in [-0.2, -0.15) is 0 Å². The van der Waals surface area contributed by atoms with Gasteiger partial charge in [-0.15, -0.1) is 11.3 Å². The molecule has 0 aliphatic carbocycles. The van der Waals surface area contributed by atoms with Gasteiger partial charge in [-0.25, -0.2) is 4.98 Å². The zero-order chi connectivity index (χ0) is 16.3. The lowest BCUT2D eigenvalue weighted by Crippen LogP contribution is -2.23. The lowest BCUT2D eigenvalue weighted by molar-refractivity contribution is 0.239. The van der Waals surface area contributed by atoms with Crippen LogP contribution in [0.4, 0.5) is 0 Å². The average Bonchev–Trinajstić information content (AvgIpc) is 2.84. The van der Waals surface area contributed by atoms with E-state index < -0.39 is 0 Å². The Kier molecular flexibility index (Phi) is 5.37. The number of thiazole rings is 1. The molecular weight excluding hydrogens is 298 g/mol. The zero-order valence-corrected chi connectivity index (χ0v) is 14.8. The number of hydrogen-bond donors (Lipinski definition) is 0. The summed E-state index contributed by atoms with van der Waals surface area (Å²) < 4.78 is 10.8. The molecule has 0 saturated carbocycles. The maximum absolute atomic E-state index is 5.45. The number of aryl methyl sites for hydroxylation is 2. The lowest BCUT2D eigenvalue weighted by atomic mass is 10.2. The van der Waals surface area contributed by atoms with Gasteiger partial charge in [0.15, 0.2) is 11.5 Å². The Morgan fingerprint density at radius 1 is 1.27 bits per heavy atom. The van der Waals surface area contributed by atoms with Gasteiger partial charge in [-0.3, -0.25) is 9.88 Å². The number of pyridine rings is 1. The molecule has 22 heavy (non-hydrogen) atoms. The molecular formula is C16H23N3O2S. The van der Waals surface area contributed by atoms with Crippen molar-refractivity contribution in [3.8, 4) is 11.5 Å². The topological polar surface area (TPSA) is 47.5 Å². The third kappa shape index (κ3) is 3.39. The second-order valence-corrected chi connectivity index (χ2v) is 6.67. The number of hydrogen-bond acceptors (Lipinski definition) is 6. The molecule has 1 atom stereocenters. The lowest BCUT2D eigenvalue weighted by Gasteiger charge is -2.24. The van der Waals surface area contributed by atoms with E-state index in [0.29, 0.717) is 18.0 Å². The van der Waals surface area contributed by atoms with Crippen molar-refractivity contribution in [1.29, 1.82) is 0 Å². The van der Waals surface area contributed by atoms with Crippen molar-refractivity contribution in [3.05, 3.63) is 33.5 Å². The second kappa shape index (κ2) is 7.07. The van der Waals surface area contributed by atoms with Crippen molar-refractivity contribution in [2.45, 2.75) is 33.4 Å². The van der Waals surface area contributed by atoms with E-state index in [1.54, 1.807) is 37.8 Å². The Morgan fingerprint density at radius 3 is 2.55 bits per heavy atom. The molecule has 0 N–H and O–H groups in total. The first-order valence-electron chi connectivity index (χ1n) is 7.18. The molecule has 2 aromatic rings. The van der Waals surface area contributed by atoms with Crippen molar-refractivity contribution in [2.24, 2.45) is 0 Å². The van der Waals surface area contributed by atoms with Crippen molar-refractivity contribution < 1.29 is 9.47 Å². The molecule has 0 saturated heterocycles. The predicted molar refractivity (Wildman–Crippen MR) is 88.8 cm³/mol. The van der Waals surface area contributed by atoms with E-state index in [0.717, 1.165) is 16.4 Å². The molecule has 120 valence electrons. The first kappa shape index (κ1) is 16.7. The first-order chi connectivity index (χ1) is 10.5. The summed E-state index contributed by atoms with van der Waals surface area (Å²) in [6.45, 7) is 6.99. The third-order valence-electron chi connectivity index (χ3n) is 3.76. The van der Waals surface area contributed by atoms with E-state index in [2.05, 4.69) is 35.8 Å². The van der Waals surface area contributed by atoms with Gasteiger partial charge in [0, 0.05) is 23.7 Å². The summed E-state index contributed by atoms with van der Waals surface area (Å²) in [7, 11) is 5.34. The summed E-state index contributed by atoms with van der Waals surface area (Å²) in [6.07, 6.45) is 1.74. The summed E-state index contributed by atoms with van der Waals surface area (Å²) in [5.74, 6) is 1.39. The van der Waals surface area contributed by atoms with E-state index in [-0.39, 0.29) is 6.04 Å². The molecule has 5 nitrogen and oxygen atoms in total. The van der Waals surface area contributed by atoms with Crippen molar-refractivity contribution in [2.75, 3.05) is 21.3 Å². The maximum Gasteiger partial charge on any atom is 0.183 e. The monoisotopic (exact) mass is 321 g/mol. The van der Waals surface area contributed by atoms with Crippen LogP contribution in [0.3, 0.4) is 0 Å². The van der Waals surface area contributed by atoms with Gasteiger partial charge in [-0.1, -0.05) is 0 Å². The zero-order valence-electron chi connectivity index (χ0n) is 14.0. The van der Waals surface area contributed by atoms with E-state index in [1.165, 1.54) is 4.88 Å². The van der Waals surface area contributed by atoms with Crippen LogP contribution in [0, 0.1) is 13.8 Å². The Hall–Kier alpha value is -1.66. The quantitative estimate of drug-likeness (QED) is 0.816. The standard InChI is InChI=1S/C16H23N3O2S/c1-10(15-11(2)22-12(3)18-15)19(4)9-13-16(21-6)14(20-5)7-8-17-13/h7-8,10H,9H2,1-6H3/t10-/m1/s1.